The van der Waals surface area contributed by atoms with Gasteiger partial charge in [-0.15, -0.1) is 0 Å². The lowest BCUT2D eigenvalue weighted by Gasteiger charge is -2.20. The molecular formula is C15H21N5O3. The van der Waals surface area contributed by atoms with Gasteiger partial charge >= 0.3 is 5.69 Å². The number of nitrogens with zero attached hydrogens (tertiary/aromatic N) is 4. The largest absolute Gasteiger partial charge is 0.472 e. The first kappa shape index (κ1) is 16.7. The number of pyridine rings is 1. The van der Waals surface area contributed by atoms with E-state index in [0.717, 1.165) is 5.69 Å². The Morgan fingerprint density at radius 3 is 2.70 bits per heavy atom. The highest BCUT2D eigenvalue weighted by Crippen LogP contribution is 2.27. The van der Waals surface area contributed by atoms with Crippen LogP contribution in [0.15, 0.2) is 18.2 Å². The van der Waals surface area contributed by atoms with Crippen molar-refractivity contribution in [2.24, 2.45) is 7.05 Å². The van der Waals surface area contributed by atoms with Gasteiger partial charge in [0.25, 0.3) is 0 Å². The first-order valence-corrected chi connectivity index (χ1v) is 7.24. The van der Waals surface area contributed by atoms with E-state index in [4.69, 9.17) is 4.74 Å². The fourth-order valence-electron chi connectivity index (χ4n) is 2.16. The first-order valence-electron chi connectivity index (χ1n) is 7.24. The highest BCUT2D eigenvalue weighted by Gasteiger charge is 2.23. The Balaban J connectivity index is 2.16. The van der Waals surface area contributed by atoms with Crippen molar-refractivity contribution in [2.75, 3.05) is 5.32 Å². The normalized spacial score (nSPS) is 11.3. The van der Waals surface area contributed by atoms with Gasteiger partial charge in [-0.1, -0.05) is 6.07 Å². The molecule has 0 aliphatic carbocycles. The molecule has 8 heteroatoms. The molecule has 0 aliphatic rings. The number of nitrogens with one attached hydrogen (secondary N) is 1. The topological polar surface area (TPSA) is 95.1 Å². The maximum Gasteiger partial charge on any atom is 0.333 e. The molecule has 0 amide bonds. The highest BCUT2D eigenvalue weighted by molar-refractivity contribution is 5.59. The fraction of sp³-hybridized carbons (Fsp3) is 0.467. The van der Waals surface area contributed by atoms with Gasteiger partial charge in [-0.2, -0.15) is 5.10 Å². The summed E-state index contributed by atoms with van der Waals surface area (Å²) in [6, 6.07) is 5.46. The van der Waals surface area contributed by atoms with E-state index in [1.807, 2.05) is 32.9 Å². The number of rotatable bonds is 5. The predicted octanol–water partition coefficient (Wildman–Crippen LogP) is 2.82. The minimum absolute atomic E-state index is 0.0189. The van der Waals surface area contributed by atoms with Gasteiger partial charge in [0.05, 0.1) is 17.2 Å². The lowest BCUT2D eigenvalue weighted by atomic mass is 10.2. The minimum atomic E-state index is -0.433. The summed E-state index contributed by atoms with van der Waals surface area (Å²) in [6.45, 7) is 7.78. The Labute approximate surface area is 134 Å². The maximum absolute atomic E-state index is 11.2. The van der Waals surface area contributed by atoms with E-state index in [1.54, 1.807) is 20.0 Å². The van der Waals surface area contributed by atoms with Crippen LogP contribution in [-0.2, 0) is 13.6 Å². The molecule has 0 spiro atoms. The van der Waals surface area contributed by atoms with Crippen molar-refractivity contribution in [3.63, 3.8) is 0 Å². The van der Waals surface area contributed by atoms with E-state index < -0.39 is 4.92 Å². The van der Waals surface area contributed by atoms with Crippen molar-refractivity contribution in [1.82, 2.24) is 14.8 Å². The molecule has 124 valence electrons. The maximum atomic E-state index is 11.2. The van der Waals surface area contributed by atoms with Crippen LogP contribution in [0.2, 0.25) is 0 Å². The Morgan fingerprint density at radius 2 is 2.09 bits per heavy atom. The number of aromatic nitrogens is 3. The molecule has 23 heavy (non-hydrogen) atoms. The van der Waals surface area contributed by atoms with Gasteiger partial charge in [0.2, 0.25) is 11.7 Å². The molecule has 0 saturated heterocycles. The van der Waals surface area contributed by atoms with Crippen molar-refractivity contribution >= 4 is 11.5 Å². The summed E-state index contributed by atoms with van der Waals surface area (Å²) in [7, 11) is 1.66. The van der Waals surface area contributed by atoms with E-state index in [1.165, 1.54) is 4.68 Å². The molecule has 0 atom stereocenters. The summed E-state index contributed by atoms with van der Waals surface area (Å²) >= 11 is 0. The van der Waals surface area contributed by atoms with Crippen LogP contribution >= 0.6 is 0 Å². The second-order valence-corrected chi connectivity index (χ2v) is 6.20. The highest BCUT2D eigenvalue weighted by atomic mass is 16.6. The zero-order chi connectivity index (χ0) is 17.2. The molecule has 0 fully saturated rings. The van der Waals surface area contributed by atoms with Crippen molar-refractivity contribution in [3.8, 4) is 5.88 Å². The van der Waals surface area contributed by atoms with E-state index in [2.05, 4.69) is 15.4 Å². The molecular weight excluding hydrogens is 298 g/mol. The quantitative estimate of drug-likeness (QED) is 0.672. The van der Waals surface area contributed by atoms with Gasteiger partial charge in [0, 0.05) is 13.1 Å². The van der Waals surface area contributed by atoms with Crippen LogP contribution in [-0.4, -0.2) is 25.3 Å². The first-order chi connectivity index (χ1) is 10.7. The average molecular weight is 319 g/mol. The minimum Gasteiger partial charge on any atom is -0.472 e. The van der Waals surface area contributed by atoms with E-state index in [-0.39, 0.29) is 11.3 Å². The van der Waals surface area contributed by atoms with Gasteiger partial charge in [-0.05, 0) is 33.8 Å². The molecule has 1 N–H and O–H groups in total. The van der Waals surface area contributed by atoms with Crippen LogP contribution in [0, 0.1) is 17.0 Å². The van der Waals surface area contributed by atoms with Crippen molar-refractivity contribution < 1.29 is 9.66 Å². The summed E-state index contributed by atoms with van der Waals surface area (Å²) in [5, 5.41) is 18.3. The molecule has 0 radical (unpaired) electrons. The third-order valence-corrected chi connectivity index (χ3v) is 3.00. The lowest BCUT2D eigenvalue weighted by molar-refractivity contribution is -0.384. The third-order valence-electron chi connectivity index (χ3n) is 3.00. The monoisotopic (exact) mass is 319 g/mol. The van der Waals surface area contributed by atoms with Crippen LogP contribution in [0.5, 0.6) is 5.88 Å². The van der Waals surface area contributed by atoms with Crippen LogP contribution in [0.4, 0.5) is 11.5 Å². The molecule has 8 nitrogen and oxygen atoms in total. The molecule has 2 rings (SSSR count). The van der Waals surface area contributed by atoms with Crippen LogP contribution in [0.1, 0.15) is 32.2 Å². The van der Waals surface area contributed by atoms with Gasteiger partial charge < -0.3 is 10.1 Å². The molecule has 0 unspecified atom stereocenters. The van der Waals surface area contributed by atoms with Crippen molar-refractivity contribution in [3.05, 3.63) is 39.7 Å². The van der Waals surface area contributed by atoms with Crippen molar-refractivity contribution in [1.29, 1.82) is 0 Å². The fourth-order valence-corrected chi connectivity index (χ4v) is 2.16. The number of hydrogen-bond donors (Lipinski definition) is 1. The molecule has 0 saturated carbocycles. The summed E-state index contributed by atoms with van der Waals surface area (Å²) < 4.78 is 7.18. The molecule has 0 bridgehead atoms. The number of nitro groups is 1. The number of anilines is 1. The molecule has 0 aromatic carbocycles. The SMILES string of the molecule is Cc1nn(C)c(NCc2cccc(OC(C)(C)C)n2)c1[N+](=O)[O-]. The van der Waals surface area contributed by atoms with Gasteiger partial charge in [0.15, 0.2) is 0 Å². The second-order valence-electron chi connectivity index (χ2n) is 6.20. The predicted molar refractivity (Wildman–Crippen MR) is 86.5 cm³/mol. The van der Waals surface area contributed by atoms with Gasteiger partial charge in [-0.3, -0.25) is 10.1 Å². The zero-order valence-electron chi connectivity index (χ0n) is 14.0. The van der Waals surface area contributed by atoms with Gasteiger partial charge in [0.1, 0.15) is 11.3 Å². The third kappa shape index (κ3) is 4.18. The van der Waals surface area contributed by atoms with Crippen LogP contribution in [0.25, 0.3) is 0 Å². The zero-order valence-corrected chi connectivity index (χ0v) is 14.0. The summed E-state index contributed by atoms with van der Waals surface area (Å²) in [6.07, 6.45) is 0. The summed E-state index contributed by atoms with van der Waals surface area (Å²) in [4.78, 5) is 15.1. The molecule has 2 heterocycles. The molecule has 0 aliphatic heterocycles. The lowest BCUT2D eigenvalue weighted by Crippen LogP contribution is -2.23. The Kier molecular flexibility index (Phi) is 4.53. The standard InChI is InChI=1S/C15H21N5O3/c1-10-13(20(21)22)14(19(5)18-10)16-9-11-7-6-8-12(17-11)23-15(2,3)4/h6-8,16H,9H2,1-5H3. The van der Waals surface area contributed by atoms with Crippen molar-refractivity contribution in [2.45, 2.75) is 39.8 Å². The smallest absolute Gasteiger partial charge is 0.333 e. The van der Waals surface area contributed by atoms with Crippen LogP contribution < -0.4 is 10.1 Å². The van der Waals surface area contributed by atoms with Crippen LogP contribution in [0.3, 0.4) is 0 Å². The Hall–Kier alpha value is -2.64. The number of hydrogen-bond acceptors (Lipinski definition) is 6. The van der Waals surface area contributed by atoms with Gasteiger partial charge in [-0.25, -0.2) is 9.67 Å². The molecule has 2 aromatic heterocycles. The number of ether oxygens (including phenoxy) is 1. The molecule has 2 aromatic rings. The Morgan fingerprint density at radius 1 is 1.39 bits per heavy atom. The van der Waals surface area contributed by atoms with E-state index in [0.29, 0.717) is 23.9 Å². The van der Waals surface area contributed by atoms with E-state index >= 15 is 0 Å². The Bertz CT molecular complexity index is 718. The van der Waals surface area contributed by atoms with E-state index in [9.17, 15) is 10.1 Å². The average Bonchev–Trinajstić information content (AvgIpc) is 2.69. The summed E-state index contributed by atoms with van der Waals surface area (Å²) in [5.74, 6) is 0.879. The summed E-state index contributed by atoms with van der Waals surface area (Å²) in [5.41, 5.74) is 0.740. The second kappa shape index (κ2) is 6.23. The number of aryl methyl sites for hydroxylation is 2.